The molecule has 1 N–H and O–H groups in total. The Bertz CT molecular complexity index is 935. The lowest BCUT2D eigenvalue weighted by atomic mass is 9.73. The highest BCUT2D eigenvalue weighted by molar-refractivity contribution is 9.10. The number of pyridine rings is 1. The molecule has 6 nitrogen and oxygen atoms in total. The van der Waals surface area contributed by atoms with Crippen LogP contribution in [-0.4, -0.2) is 33.9 Å². The van der Waals surface area contributed by atoms with Crippen molar-refractivity contribution in [2.45, 2.75) is 24.8 Å². The maximum atomic E-state index is 13.3. The van der Waals surface area contributed by atoms with Gasteiger partial charge in [0.2, 0.25) is 5.91 Å². The van der Waals surface area contributed by atoms with Crippen molar-refractivity contribution in [3.63, 3.8) is 0 Å². The highest BCUT2D eigenvalue weighted by Gasteiger charge is 2.41. The summed E-state index contributed by atoms with van der Waals surface area (Å²) in [5.74, 6) is 0.765. The molecule has 1 aromatic carbocycles. The first-order chi connectivity index (χ1) is 13.7. The van der Waals surface area contributed by atoms with E-state index in [1.807, 2.05) is 48.7 Å². The fourth-order valence-corrected chi connectivity index (χ4v) is 3.85. The van der Waals surface area contributed by atoms with Gasteiger partial charge < -0.3 is 10.1 Å². The van der Waals surface area contributed by atoms with E-state index < -0.39 is 5.41 Å². The normalized spacial score (nSPS) is 15.9. The van der Waals surface area contributed by atoms with Crippen molar-refractivity contribution in [1.29, 1.82) is 0 Å². The van der Waals surface area contributed by atoms with E-state index in [1.165, 1.54) is 0 Å². The van der Waals surface area contributed by atoms with Crippen molar-refractivity contribution in [1.82, 2.24) is 20.1 Å². The smallest absolute Gasteiger partial charge is 0.231 e. The summed E-state index contributed by atoms with van der Waals surface area (Å²) in [7, 11) is 0. The molecule has 28 heavy (non-hydrogen) atoms. The zero-order valence-corrected chi connectivity index (χ0v) is 16.9. The summed E-state index contributed by atoms with van der Waals surface area (Å²) in [6.07, 6.45) is 6.64. The number of ether oxygens (including phenoxy) is 1. The maximum Gasteiger partial charge on any atom is 0.231 e. The molecule has 3 heterocycles. The van der Waals surface area contributed by atoms with Gasteiger partial charge in [0.15, 0.2) is 5.82 Å². The van der Waals surface area contributed by atoms with Gasteiger partial charge in [-0.1, -0.05) is 28.1 Å². The third-order valence-electron chi connectivity index (χ3n) is 5.18. The Hall–Kier alpha value is -2.51. The minimum Gasteiger partial charge on any atom is -0.381 e. The van der Waals surface area contributed by atoms with Crippen LogP contribution in [0.15, 0.2) is 65.5 Å². The van der Waals surface area contributed by atoms with E-state index in [4.69, 9.17) is 4.74 Å². The molecule has 1 aliphatic heterocycles. The highest BCUT2D eigenvalue weighted by Crippen LogP contribution is 2.35. The third-order valence-corrected chi connectivity index (χ3v) is 5.71. The number of halogens is 1. The Balaban J connectivity index is 1.52. The molecular formula is C21H21BrN4O2. The van der Waals surface area contributed by atoms with Gasteiger partial charge in [-0.05, 0) is 54.3 Å². The molecular weight excluding hydrogens is 420 g/mol. The Labute approximate surface area is 172 Å². The highest BCUT2D eigenvalue weighted by atomic mass is 79.9. The van der Waals surface area contributed by atoms with E-state index in [0.29, 0.717) is 32.6 Å². The Morgan fingerprint density at radius 2 is 1.96 bits per heavy atom. The van der Waals surface area contributed by atoms with Gasteiger partial charge in [-0.25, -0.2) is 9.67 Å². The van der Waals surface area contributed by atoms with Gasteiger partial charge in [0.1, 0.15) is 0 Å². The van der Waals surface area contributed by atoms with E-state index in [0.717, 1.165) is 21.4 Å². The van der Waals surface area contributed by atoms with Gasteiger partial charge >= 0.3 is 0 Å². The van der Waals surface area contributed by atoms with E-state index in [9.17, 15) is 4.79 Å². The Morgan fingerprint density at radius 3 is 2.68 bits per heavy atom. The number of nitrogens with zero attached hydrogens (tertiary/aromatic N) is 3. The predicted octanol–water partition coefficient (Wildman–Crippen LogP) is 3.39. The molecule has 0 spiro atoms. The largest absolute Gasteiger partial charge is 0.381 e. The summed E-state index contributed by atoms with van der Waals surface area (Å²) in [6.45, 7) is 1.61. The molecule has 3 aromatic rings. The second kappa shape index (κ2) is 8.24. The first-order valence-electron chi connectivity index (χ1n) is 9.24. The lowest BCUT2D eigenvalue weighted by Gasteiger charge is -2.36. The second-order valence-corrected chi connectivity index (χ2v) is 7.77. The van der Waals surface area contributed by atoms with Crippen molar-refractivity contribution >= 4 is 21.8 Å². The van der Waals surface area contributed by atoms with Crippen molar-refractivity contribution in [3.8, 4) is 5.82 Å². The van der Waals surface area contributed by atoms with Gasteiger partial charge in [-0.2, -0.15) is 5.10 Å². The number of benzene rings is 1. The van der Waals surface area contributed by atoms with Crippen molar-refractivity contribution in [2.24, 2.45) is 0 Å². The van der Waals surface area contributed by atoms with Crippen LogP contribution in [0.1, 0.15) is 24.0 Å². The fourth-order valence-electron chi connectivity index (χ4n) is 3.59. The molecule has 0 atom stereocenters. The van der Waals surface area contributed by atoms with E-state index in [1.54, 1.807) is 17.1 Å². The molecule has 1 fully saturated rings. The minimum absolute atomic E-state index is 0.0376. The molecule has 144 valence electrons. The zero-order valence-electron chi connectivity index (χ0n) is 15.3. The van der Waals surface area contributed by atoms with Gasteiger partial charge in [-0.3, -0.25) is 4.79 Å². The average Bonchev–Trinajstić information content (AvgIpc) is 3.28. The lowest BCUT2D eigenvalue weighted by Crippen LogP contribution is -2.47. The number of carbonyl (C=O) groups is 1. The SMILES string of the molecule is O=C(NCc1ccnc(-n2cccn2)c1)C1(c2ccc(Br)cc2)CCOCC1. The molecule has 1 amide bonds. The molecule has 2 aromatic heterocycles. The molecule has 0 bridgehead atoms. The van der Waals surface area contributed by atoms with Crippen LogP contribution < -0.4 is 5.32 Å². The number of hydrogen-bond donors (Lipinski definition) is 1. The van der Waals surface area contributed by atoms with Crippen LogP contribution in [-0.2, 0) is 21.5 Å². The summed E-state index contributed by atoms with van der Waals surface area (Å²) in [5, 5.41) is 7.33. The Kier molecular flexibility index (Phi) is 5.54. The second-order valence-electron chi connectivity index (χ2n) is 6.86. The van der Waals surface area contributed by atoms with Crippen molar-refractivity contribution in [3.05, 3.63) is 76.7 Å². The fraction of sp³-hybridized carbons (Fsp3) is 0.286. The maximum absolute atomic E-state index is 13.3. The van der Waals surface area contributed by atoms with Gasteiger partial charge in [0, 0.05) is 42.8 Å². The van der Waals surface area contributed by atoms with E-state index >= 15 is 0 Å². The standard InChI is InChI=1S/C21H21BrN4O2/c22-18-4-2-17(3-5-18)21(7-12-28-13-8-21)20(27)24-15-16-6-10-23-19(14-16)26-11-1-9-25-26/h1-6,9-11,14H,7-8,12-13,15H2,(H,24,27). The van der Waals surface area contributed by atoms with E-state index in [2.05, 4.69) is 31.3 Å². The monoisotopic (exact) mass is 440 g/mol. The quantitative estimate of drug-likeness (QED) is 0.659. The van der Waals surface area contributed by atoms with Crippen LogP contribution in [0.3, 0.4) is 0 Å². The third kappa shape index (κ3) is 3.86. The predicted molar refractivity (Wildman–Crippen MR) is 109 cm³/mol. The number of hydrogen-bond acceptors (Lipinski definition) is 4. The number of aromatic nitrogens is 3. The first kappa shape index (κ1) is 18.8. The van der Waals surface area contributed by atoms with Crippen LogP contribution in [0.2, 0.25) is 0 Å². The average molecular weight is 441 g/mol. The first-order valence-corrected chi connectivity index (χ1v) is 10.0. The molecule has 1 saturated heterocycles. The van der Waals surface area contributed by atoms with Crippen LogP contribution in [0.5, 0.6) is 0 Å². The van der Waals surface area contributed by atoms with Crippen LogP contribution in [0.25, 0.3) is 5.82 Å². The van der Waals surface area contributed by atoms with Crippen LogP contribution >= 0.6 is 15.9 Å². The van der Waals surface area contributed by atoms with Crippen molar-refractivity contribution in [2.75, 3.05) is 13.2 Å². The molecule has 7 heteroatoms. The zero-order chi connectivity index (χ0) is 19.4. The van der Waals surface area contributed by atoms with Gasteiger partial charge in [0.25, 0.3) is 0 Å². The van der Waals surface area contributed by atoms with Crippen LogP contribution in [0, 0.1) is 0 Å². The number of carbonyl (C=O) groups excluding carboxylic acids is 1. The molecule has 0 radical (unpaired) electrons. The van der Waals surface area contributed by atoms with Crippen LogP contribution in [0.4, 0.5) is 0 Å². The lowest BCUT2D eigenvalue weighted by molar-refractivity contribution is -0.130. The molecule has 0 aliphatic carbocycles. The minimum atomic E-state index is -0.559. The van der Waals surface area contributed by atoms with Gasteiger partial charge in [-0.15, -0.1) is 0 Å². The van der Waals surface area contributed by atoms with E-state index in [-0.39, 0.29) is 5.91 Å². The summed E-state index contributed by atoms with van der Waals surface area (Å²) in [4.78, 5) is 17.6. The summed E-state index contributed by atoms with van der Waals surface area (Å²) in [6, 6.07) is 13.7. The summed E-state index contributed by atoms with van der Waals surface area (Å²) >= 11 is 3.47. The molecule has 0 unspecified atom stereocenters. The summed E-state index contributed by atoms with van der Waals surface area (Å²) in [5.41, 5.74) is 1.45. The van der Waals surface area contributed by atoms with Gasteiger partial charge in [0.05, 0.1) is 5.41 Å². The Morgan fingerprint density at radius 1 is 1.18 bits per heavy atom. The molecule has 4 rings (SSSR count). The number of nitrogens with one attached hydrogen (secondary N) is 1. The number of rotatable bonds is 5. The van der Waals surface area contributed by atoms with Crippen molar-refractivity contribution < 1.29 is 9.53 Å². The number of amides is 1. The topological polar surface area (TPSA) is 69.0 Å². The molecule has 1 aliphatic rings. The molecule has 0 saturated carbocycles. The summed E-state index contributed by atoms with van der Waals surface area (Å²) < 4.78 is 8.24.